The van der Waals surface area contributed by atoms with E-state index in [4.69, 9.17) is 21.1 Å². The summed E-state index contributed by atoms with van der Waals surface area (Å²) in [5.74, 6) is 0.650. The summed E-state index contributed by atoms with van der Waals surface area (Å²) >= 11 is 6.17. The van der Waals surface area contributed by atoms with Crippen molar-refractivity contribution in [2.45, 2.75) is 0 Å². The topological polar surface area (TPSA) is 59.6 Å². The van der Waals surface area contributed by atoms with E-state index in [0.717, 1.165) is 0 Å². The van der Waals surface area contributed by atoms with Crippen LogP contribution in [0.3, 0.4) is 0 Å². The number of hydrogen-bond donors (Lipinski definition) is 2. The Morgan fingerprint density at radius 1 is 1.30 bits per heavy atom. The van der Waals surface area contributed by atoms with Gasteiger partial charge in [0, 0.05) is 12.6 Å². The fourth-order valence-electron chi connectivity index (χ4n) is 2.12. The van der Waals surface area contributed by atoms with Crippen LogP contribution in [-0.2, 0) is 4.79 Å². The van der Waals surface area contributed by atoms with Gasteiger partial charge >= 0.3 is 0 Å². The molecule has 0 radical (unpaired) electrons. The number of nitrogens with one attached hydrogen (secondary N) is 2. The SMILES string of the molecule is O=C1COc2cc(NCCOc3ccc(F)cc3)c(Cl)cc2N1. The molecule has 0 fully saturated rings. The lowest BCUT2D eigenvalue weighted by Gasteiger charge is -2.20. The molecule has 1 aliphatic rings. The molecule has 2 aromatic carbocycles. The zero-order valence-corrected chi connectivity index (χ0v) is 12.8. The van der Waals surface area contributed by atoms with E-state index in [1.165, 1.54) is 12.1 Å². The lowest BCUT2D eigenvalue weighted by molar-refractivity contribution is -0.118. The van der Waals surface area contributed by atoms with Gasteiger partial charge in [-0.2, -0.15) is 0 Å². The number of halogens is 2. The van der Waals surface area contributed by atoms with Crippen molar-refractivity contribution in [1.29, 1.82) is 0 Å². The van der Waals surface area contributed by atoms with Crippen LogP contribution in [0.25, 0.3) is 0 Å². The zero-order valence-electron chi connectivity index (χ0n) is 12.1. The zero-order chi connectivity index (χ0) is 16.2. The molecule has 2 N–H and O–H groups in total. The molecule has 0 saturated heterocycles. The maximum absolute atomic E-state index is 12.8. The molecule has 0 aliphatic carbocycles. The standard InChI is InChI=1S/C16H14ClFN2O3/c17-12-7-14-15(23-9-16(21)20-14)8-13(12)19-5-6-22-11-3-1-10(18)2-4-11/h1-4,7-8,19H,5-6,9H2,(H,20,21). The van der Waals surface area contributed by atoms with E-state index in [1.807, 2.05) is 0 Å². The van der Waals surface area contributed by atoms with Gasteiger partial charge in [-0.3, -0.25) is 4.79 Å². The summed E-state index contributed by atoms with van der Waals surface area (Å²) in [7, 11) is 0. The van der Waals surface area contributed by atoms with Crippen LogP contribution in [0, 0.1) is 5.82 Å². The van der Waals surface area contributed by atoms with Crippen LogP contribution in [0.5, 0.6) is 11.5 Å². The molecule has 3 rings (SSSR count). The Bertz CT molecular complexity index is 722. The lowest BCUT2D eigenvalue weighted by Crippen LogP contribution is -2.25. The minimum atomic E-state index is -0.302. The molecule has 0 aromatic heterocycles. The van der Waals surface area contributed by atoms with Crippen molar-refractivity contribution >= 4 is 28.9 Å². The van der Waals surface area contributed by atoms with Crippen molar-refractivity contribution in [2.75, 3.05) is 30.4 Å². The number of anilines is 2. The van der Waals surface area contributed by atoms with Crippen LogP contribution < -0.4 is 20.1 Å². The number of rotatable bonds is 5. The van der Waals surface area contributed by atoms with Gasteiger partial charge in [0.15, 0.2) is 6.61 Å². The highest BCUT2D eigenvalue weighted by Gasteiger charge is 2.18. The summed E-state index contributed by atoms with van der Waals surface area (Å²) in [4.78, 5) is 11.3. The van der Waals surface area contributed by atoms with E-state index in [0.29, 0.717) is 41.0 Å². The van der Waals surface area contributed by atoms with Crippen molar-refractivity contribution in [3.63, 3.8) is 0 Å². The fraction of sp³-hybridized carbons (Fsp3) is 0.188. The van der Waals surface area contributed by atoms with Crippen LogP contribution in [0.4, 0.5) is 15.8 Å². The van der Waals surface area contributed by atoms with E-state index < -0.39 is 0 Å². The van der Waals surface area contributed by atoms with E-state index in [1.54, 1.807) is 24.3 Å². The van der Waals surface area contributed by atoms with Crippen molar-refractivity contribution in [1.82, 2.24) is 0 Å². The highest BCUT2D eigenvalue weighted by Crippen LogP contribution is 2.36. The normalized spacial score (nSPS) is 12.9. The number of fused-ring (bicyclic) bond motifs is 1. The van der Waals surface area contributed by atoms with Crippen LogP contribution in [-0.4, -0.2) is 25.7 Å². The largest absolute Gasteiger partial charge is 0.492 e. The minimum Gasteiger partial charge on any atom is -0.492 e. The van der Waals surface area contributed by atoms with Gasteiger partial charge in [-0.25, -0.2) is 4.39 Å². The summed E-state index contributed by atoms with van der Waals surface area (Å²) in [6.45, 7) is 0.876. The molecule has 23 heavy (non-hydrogen) atoms. The Balaban J connectivity index is 1.56. The van der Waals surface area contributed by atoms with Crippen molar-refractivity contribution < 1.29 is 18.7 Å². The Labute approximate surface area is 137 Å². The van der Waals surface area contributed by atoms with Gasteiger partial charge in [-0.1, -0.05) is 11.6 Å². The second-order valence-corrected chi connectivity index (χ2v) is 5.30. The van der Waals surface area contributed by atoms with E-state index in [2.05, 4.69) is 10.6 Å². The monoisotopic (exact) mass is 336 g/mol. The Hall–Kier alpha value is -2.47. The van der Waals surface area contributed by atoms with Crippen LogP contribution in [0.1, 0.15) is 0 Å². The molecule has 1 aliphatic heterocycles. The lowest BCUT2D eigenvalue weighted by atomic mass is 10.2. The molecule has 7 heteroatoms. The van der Waals surface area contributed by atoms with Gasteiger partial charge in [-0.05, 0) is 30.3 Å². The van der Waals surface area contributed by atoms with Gasteiger partial charge < -0.3 is 20.1 Å². The van der Waals surface area contributed by atoms with Crippen LogP contribution in [0.2, 0.25) is 5.02 Å². The number of benzene rings is 2. The number of hydrogen-bond acceptors (Lipinski definition) is 4. The number of ether oxygens (including phenoxy) is 2. The van der Waals surface area contributed by atoms with Crippen LogP contribution in [0.15, 0.2) is 36.4 Å². The minimum absolute atomic E-state index is 0.0122. The first-order chi connectivity index (χ1) is 11.1. The summed E-state index contributed by atoms with van der Waals surface area (Å²) in [6.07, 6.45) is 0. The predicted molar refractivity (Wildman–Crippen MR) is 86.0 cm³/mol. The number of carbonyl (C=O) groups excluding carboxylic acids is 1. The second-order valence-electron chi connectivity index (χ2n) is 4.89. The average Bonchev–Trinajstić information content (AvgIpc) is 2.53. The molecule has 2 aromatic rings. The van der Waals surface area contributed by atoms with Gasteiger partial charge in [-0.15, -0.1) is 0 Å². The highest BCUT2D eigenvalue weighted by molar-refractivity contribution is 6.33. The Kier molecular flexibility index (Phi) is 4.52. The van der Waals surface area contributed by atoms with Gasteiger partial charge in [0.1, 0.15) is 23.9 Å². The maximum Gasteiger partial charge on any atom is 0.262 e. The molecule has 5 nitrogen and oxygen atoms in total. The second kappa shape index (κ2) is 6.75. The smallest absolute Gasteiger partial charge is 0.262 e. The quantitative estimate of drug-likeness (QED) is 0.822. The van der Waals surface area contributed by atoms with Gasteiger partial charge in [0.25, 0.3) is 5.91 Å². The summed E-state index contributed by atoms with van der Waals surface area (Å²) < 4.78 is 23.6. The number of amides is 1. The first-order valence-corrected chi connectivity index (χ1v) is 7.38. The Morgan fingerprint density at radius 3 is 2.87 bits per heavy atom. The average molecular weight is 337 g/mol. The fourth-order valence-corrected chi connectivity index (χ4v) is 2.35. The number of carbonyl (C=O) groups is 1. The molecule has 1 heterocycles. The highest BCUT2D eigenvalue weighted by atomic mass is 35.5. The van der Waals surface area contributed by atoms with Crippen molar-refractivity contribution in [3.05, 3.63) is 47.2 Å². The third-order valence-corrected chi connectivity index (χ3v) is 3.51. The molecular formula is C16H14ClFN2O3. The summed E-state index contributed by atoms with van der Waals surface area (Å²) in [6, 6.07) is 9.19. The van der Waals surface area contributed by atoms with Crippen molar-refractivity contribution in [2.24, 2.45) is 0 Å². The van der Waals surface area contributed by atoms with Gasteiger partial charge in [0.2, 0.25) is 0 Å². The van der Waals surface area contributed by atoms with Gasteiger partial charge in [0.05, 0.1) is 16.4 Å². The molecule has 0 atom stereocenters. The predicted octanol–water partition coefficient (Wildman–Crippen LogP) is 3.30. The molecule has 0 saturated carbocycles. The molecular weight excluding hydrogens is 323 g/mol. The summed E-state index contributed by atoms with van der Waals surface area (Å²) in [5, 5.41) is 6.29. The van der Waals surface area contributed by atoms with Crippen molar-refractivity contribution in [3.8, 4) is 11.5 Å². The van der Waals surface area contributed by atoms with E-state index >= 15 is 0 Å². The van der Waals surface area contributed by atoms with Crippen LogP contribution >= 0.6 is 11.6 Å². The molecule has 0 bridgehead atoms. The molecule has 0 unspecified atom stereocenters. The molecule has 1 amide bonds. The third-order valence-electron chi connectivity index (χ3n) is 3.20. The Morgan fingerprint density at radius 2 is 2.09 bits per heavy atom. The maximum atomic E-state index is 12.8. The first-order valence-electron chi connectivity index (χ1n) is 7.00. The third kappa shape index (κ3) is 3.84. The first kappa shape index (κ1) is 15.4. The van der Waals surface area contributed by atoms with E-state index in [9.17, 15) is 9.18 Å². The summed E-state index contributed by atoms with van der Waals surface area (Å²) in [5.41, 5.74) is 1.24. The molecule has 120 valence electrons. The molecule has 0 spiro atoms. The van der Waals surface area contributed by atoms with E-state index in [-0.39, 0.29) is 18.3 Å².